The third-order valence-electron chi connectivity index (χ3n) is 4.23. The molecule has 0 saturated carbocycles. The van der Waals surface area contributed by atoms with Crippen molar-refractivity contribution in [3.05, 3.63) is 95.0 Å². The molecule has 0 saturated heterocycles. The third kappa shape index (κ3) is 5.87. The lowest BCUT2D eigenvalue weighted by Gasteiger charge is -2.11. The van der Waals surface area contributed by atoms with Crippen molar-refractivity contribution in [3.8, 4) is 11.5 Å². The minimum Gasteiger partial charge on any atom is -0.497 e. The molecule has 0 aliphatic heterocycles. The van der Waals surface area contributed by atoms with Crippen LogP contribution in [0.2, 0.25) is 5.02 Å². The van der Waals surface area contributed by atoms with Crippen LogP contribution in [0.25, 0.3) is 11.6 Å². The van der Waals surface area contributed by atoms with Gasteiger partial charge in [-0.2, -0.15) is 0 Å². The zero-order valence-electron chi connectivity index (χ0n) is 16.1. The number of nitrogens with one attached hydrogen (secondary N) is 1. The van der Waals surface area contributed by atoms with E-state index in [4.69, 9.17) is 21.1 Å². The van der Waals surface area contributed by atoms with Crippen LogP contribution in [-0.4, -0.2) is 26.2 Å². The molecule has 0 spiro atoms. The maximum Gasteiger partial charge on any atom is 0.252 e. The van der Waals surface area contributed by atoms with Crippen LogP contribution in [0.15, 0.2) is 78.9 Å². The van der Waals surface area contributed by atoms with Crippen molar-refractivity contribution in [2.45, 2.75) is 0 Å². The number of carbonyl (C=O) groups is 1. The van der Waals surface area contributed by atoms with Crippen molar-refractivity contribution < 1.29 is 14.3 Å². The summed E-state index contributed by atoms with van der Waals surface area (Å²) in [5, 5.41) is 3.51. The fourth-order valence-corrected chi connectivity index (χ4v) is 2.96. The molecule has 148 valence electrons. The van der Waals surface area contributed by atoms with Crippen molar-refractivity contribution in [1.82, 2.24) is 5.32 Å². The summed E-state index contributed by atoms with van der Waals surface area (Å²) in [5.74, 6) is 1.22. The number of rotatable bonds is 8. The highest BCUT2D eigenvalue weighted by Gasteiger charge is 2.12. The van der Waals surface area contributed by atoms with Crippen molar-refractivity contribution in [1.29, 1.82) is 0 Å². The maximum absolute atomic E-state index is 12.9. The van der Waals surface area contributed by atoms with Gasteiger partial charge in [0.25, 0.3) is 5.91 Å². The number of ether oxygens (including phenoxy) is 2. The molecule has 0 unspecified atom stereocenters. The summed E-state index contributed by atoms with van der Waals surface area (Å²) in [6.07, 6.45) is 1.80. The average Bonchev–Trinajstić information content (AvgIpc) is 2.77. The first-order chi connectivity index (χ1) is 14.2. The summed E-state index contributed by atoms with van der Waals surface area (Å²) in [7, 11) is 1.61. The Bertz CT molecular complexity index is 986. The van der Waals surface area contributed by atoms with E-state index in [1.54, 1.807) is 25.3 Å². The van der Waals surface area contributed by atoms with Gasteiger partial charge in [-0.3, -0.25) is 4.79 Å². The summed E-state index contributed by atoms with van der Waals surface area (Å²) in [6, 6.07) is 24.3. The van der Waals surface area contributed by atoms with Gasteiger partial charge in [-0.1, -0.05) is 66.2 Å². The van der Waals surface area contributed by atoms with E-state index in [-0.39, 0.29) is 5.91 Å². The highest BCUT2D eigenvalue weighted by atomic mass is 35.5. The van der Waals surface area contributed by atoms with Gasteiger partial charge in [0.1, 0.15) is 18.1 Å². The molecule has 5 heteroatoms. The van der Waals surface area contributed by atoms with E-state index in [1.807, 2.05) is 66.7 Å². The zero-order chi connectivity index (χ0) is 20.5. The lowest BCUT2D eigenvalue weighted by molar-refractivity contribution is -0.115. The maximum atomic E-state index is 12.9. The Morgan fingerprint density at radius 1 is 0.966 bits per heavy atom. The Labute approximate surface area is 175 Å². The van der Waals surface area contributed by atoms with Gasteiger partial charge in [0, 0.05) is 16.7 Å². The molecular weight excluding hydrogens is 386 g/mol. The van der Waals surface area contributed by atoms with Crippen molar-refractivity contribution in [2.24, 2.45) is 0 Å². The minimum absolute atomic E-state index is 0.189. The van der Waals surface area contributed by atoms with Gasteiger partial charge in [-0.25, -0.2) is 0 Å². The molecule has 0 aromatic heterocycles. The summed E-state index contributed by atoms with van der Waals surface area (Å²) in [5.41, 5.74) is 2.15. The van der Waals surface area contributed by atoms with Crippen LogP contribution < -0.4 is 14.8 Å². The molecule has 3 aromatic carbocycles. The Balaban J connectivity index is 1.68. The van der Waals surface area contributed by atoms with E-state index in [0.29, 0.717) is 29.5 Å². The smallest absolute Gasteiger partial charge is 0.252 e. The minimum atomic E-state index is -0.189. The summed E-state index contributed by atoms with van der Waals surface area (Å²) in [4.78, 5) is 12.9. The fourth-order valence-electron chi connectivity index (χ4n) is 2.76. The lowest BCUT2D eigenvalue weighted by atomic mass is 10.0. The Kier molecular flexibility index (Phi) is 7.31. The molecule has 0 fully saturated rings. The number of halogens is 1. The molecule has 29 heavy (non-hydrogen) atoms. The number of methoxy groups -OCH3 is 1. The van der Waals surface area contributed by atoms with Gasteiger partial charge in [-0.05, 0) is 35.4 Å². The van der Waals surface area contributed by atoms with Crippen LogP contribution in [0.1, 0.15) is 11.1 Å². The van der Waals surface area contributed by atoms with E-state index < -0.39 is 0 Å². The molecule has 3 aromatic rings. The van der Waals surface area contributed by atoms with Crippen molar-refractivity contribution in [3.63, 3.8) is 0 Å². The summed E-state index contributed by atoms with van der Waals surface area (Å²) in [6.45, 7) is 0.704. The number of hydrogen-bond donors (Lipinski definition) is 1. The molecule has 1 amide bonds. The predicted octanol–water partition coefficient (Wildman–Crippen LogP) is 5.08. The molecule has 0 heterocycles. The van der Waals surface area contributed by atoms with E-state index in [0.717, 1.165) is 16.9 Å². The first-order valence-corrected chi connectivity index (χ1v) is 9.62. The van der Waals surface area contributed by atoms with Gasteiger partial charge in [0.05, 0.1) is 13.7 Å². The second-order valence-corrected chi connectivity index (χ2v) is 6.64. The SMILES string of the molecule is COc1cccc(OCCNC(=O)/C(=C/c2ccccc2Cl)c2ccccc2)c1. The number of benzene rings is 3. The molecule has 0 atom stereocenters. The average molecular weight is 408 g/mol. The fraction of sp³-hybridized carbons (Fsp3) is 0.125. The van der Waals surface area contributed by atoms with Crippen LogP contribution in [0, 0.1) is 0 Å². The van der Waals surface area contributed by atoms with Gasteiger partial charge in [0.15, 0.2) is 0 Å². The molecule has 1 N–H and O–H groups in total. The first-order valence-electron chi connectivity index (χ1n) is 9.24. The zero-order valence-corrected chi connectivity index (χ0v) is 16.9. The molecule has 0 aliphatic rings. The largest absolute Gasteiger partial charge is 0.497 e. The van der Waals surface area contributed by atoms with E-state index in [2.05, 4.69) is 5.32 Å². The quantitative estimate of drug-likeness (QED) is 0.321. The van der Waals surface area contributed by atoms with Crippen LogP contribution in [0.5, 0.6) is 11.5 Å². The number of amides is 1. The van der Waals surface area contributed by atoms with Crippen molar-refractivity contribution >= 4 is 29.2 Å². The number of hydrogen-bond acceptors (Lipinski definition) is 3. The molecule has 0 radical (unpaired) electrons. The van der Waals surface area contributed by atoms with Gasteiger partial charge in [-0.15, -0.1) is 0 Å². The molecule has 4 nitrogen and oxygen atoms in total. The van der Waals surface area contributed by atoms with Crippen molar-refractivity contribution in [2.75, 3.05) is 20.3 Å². The summed E-state index contributed by atoms with van der Waals surface area (Å²) < 4.78 is 10.9. The molecular formula is C24H22ClNO3. The Morgan fingerprint density at radius 2 is 1.69 bits per heavy atom. The molecule has 3 rings (SSSR count). The second-order valence-electron chi connectivity index (χ2n) is 6.23. The molecule has 0 bridgehead atoms. The summed E-state index contributed by atoms with van der Waals surface area (Å²) >= 11 is 6.27. The van der Waals surface area contributed by atoms with E-state index >= 15 is 0 Å². The Hall–Kier alpha value is -3.24. The standard InChI is InChI=1S/C24H22ClNO3/c1-28-20-11-7-12-21(17-20)29-15-14-26-24(27)22(18-8-3-2-4-9-18)16-19-10-5-6-13-23(19)25/h2-13,16-17H,14-15H2,1H3,(H,26,27)/b22-16+. The van der Waals surface area contributed by atoms with Gasteiger partial charge < -0.3 is 14.8 Å². The Morgan fingerprint density at radius 3 is 2.45 bits per heavy atom. The van der Waals surface area contributed by atoms with Crippen LogP contribution in [0.4, 0.5) is 0 Å². The third-order valence-corrected chi connectivity index (χ3v) is 4.58. The first kappa shape index (κ1) is 20.5. The lowest BCUT2D eigenvalue weighted by Crippen LogP contribution is -2.28. The van der Waals surface area contributed by atoms with E-state index in [1.165, 1.54) is 0 Å². The van der Waals surface area contributed by atoms with E-state index in [9.17, 15) is 4.79 Å². The topological polar surface area (TPSA) is 47.6 Å². The highest BCUT2D eigenvalue weighted by molar-refractivity contribution is 6.33. The predicted molar refractivity (Wildman–Crippen MR) is 117 cm³/mol. The highest BCUT2D eigenvalue weighted by Crippen LogP contribution is 2.23. The van der Waals surface area contributed by atoms with Gasteiger partial charge in [0.2, 0.25) is 0 Å². The monoisotopic (exact) mass is 407 g/mol. The van der Waals surface area contributed by atoms with Gasteiger partial charge >= 0.3 is 0 Å². The van der Waals surface area contributed by atoms with Crippen LogP contribution in [-0.2, 0) is 4.79 Å². The van der Waals surface area contributed by atoms with Crippen LogP contribution >= 0.6 is 11.6 Å². The second kappa shape index (κ2) is 10.3. The normalized spacial score (nSPS) is 11.0. The molecule has 0 aliphatic carbocycles. The number of carbonyl (C=O) groups excluding carboxylic acids is 1. The van der Waals surface area contributed by atoms with Crippen LogP contribution in [0.3, 0.4) is 0 Å².